The molecule has 1 aromatic carbocycles. The maximum absolute atomic E-state index is 12.5. The van der Waals surface area contributed by atoms with Gasteiger partial charge in [0.05, 0.1) is 4.90 Å². The Labute approximate surface area is 145 Å². The molecule has 2 N–H and O–H groups in total. The van der Waals surface area contributed by atoms with Crippen LogP contribution in [0, 0.1) is 5.41 Å². The van der Waals surface area contributed by atoms with Crippen molar-refractivity contribution in [3.63, 3.8) is 0 Å². The van der Waals surface area contributed by atoms with E-state index in [2.05, 4.69) is 14.9 Å². The second-order valence-electron chi connectivity index (χ2n) is 6.24. The highest BCUT2D eigenvalue weighted by atomic mass is 32.2. The van der Waals surface area contributed by atoms with Crippen LogP contribution in [-0.2, 0) is 10.0 Å². The van der Waals surface area contributed by atoms with Gasteiger partial charge >= 0.3 is 0 Å². The highest BCUT2D eigenvalue weighted by Crippen LogP contribution is 2.32. The van der Waals surface area contributed by atoms with E-state index in [1.165, 1.54) is 11.3 Å². The summed E-state index contributed by atoms with van der Waals surface area (Å²) in [5, 5.41) is 16.9. The van der Waals surface area contributed by atoms with Crippen LogP contribution in [0.5, 0.6) is 0 Å². The molecule has 0 amide bonds. The van der Waals surface area contributed by atoms with Crippen LogP contribution < -0.4 is 4.72 Å². The van der Waals surface area contributed by atoms with Crippen molar-refractivity contribution in [1.82, 2.24) is 10.2 Å². The van der Waals surface area contributed by atoms with E-state index in [4.69, 9.17) is 5.41 Å². The fraction of sp³-hybridized carbons (Fsp3) is 0.438. The first-order valence-electron chi connectivity index (χ1n) is 7.90. The van der Waals surface area contributed by atoms with E-state index in [0.717, 1.165) is 35.5 Å². The minimum Gasteiger partial charge on any atom is -0.309 e. The van der Waals surface area contributed by atoms with Crippen molar-refractivity contribution in [3.05, 3.63) is 34.8 Å². The summed E-state index contributed by atoms with van der Waals surface area (Å²) in [6, 6.07) is 6.79. The number of aromatic nitrogens is 2. The fourth-order valence-corrected chi connectivity index (χ4v) is 4.75. The zero-order chi connectivity index (χ0) is 17.3. The lowest BCUT2D eigenvalue weighted by atomic mass is 9.97. The summed E-state index contributed by atoms with van der Waals surface area (Å²) in [7, 11) is -3.68. The zero-order valence-electron chi connectivity index (χ0n) is 13.6. The van der Waals surface area contributed by atoms with Crippen molar-refractivity contribution in [2.45, 2.75) is 49.8 Å². The first kappa shape index (κ1) is 17.0. The van der Waals surface area contributed by atoms with E-state index in [0.29, 0.717) is 0 Å². The summed E-state index contributed by atoms with van der Waals surface area (Å²) < 4.78 is 27.4. The molecule has 2 aromatic rings. The number of hydrogen-bond donors (Lipinski definition) is 2. The first-order valence-corrected chi connectivity index (χ1v) is 10.2. The number of hydrogen-bond acceptors (Lipinski definition) is 6. The molecule has 0 radical (unpaired) electrons. The lowest BCUT2D eigenvalue weighted by Gasteiger charge is -2.11. The molecule has 0 unspecified atom stereocenters. The van der Waals surface area contributed by atoms with Crippen LogP contribution in [0.3, 0.4) is 0 Å². The molecule has 1 aliphatic rings. The number of rotatable bonds is 5. The molecular weight excluding hydrogens is 344 g/mol. The second kappa shape index (κ2) is 6.60. The quantitative estimate of drug-likeness (QED) is 0.844. The van der Waals surface area contributed by atoms with Gasteiger partial charge < -0.3 is 5.41 Å². The molecule has 3 rings (SSSR count). The van der Waals surface area contributed by atoms with Crippen molar-refractivity contribution in [2.75, 3.05) is 4.72 Å². The smallest absolute Gasteiger partial charge is 0.263 e. The van der Waals surface area contributed by atoms with Crippen molar-refractivity contribution >= 4 is 32.2 Å². The van der Waals surface area contributed by atoms with Crippen molar-refractivity contribution in [2.24, 2.45) is 0 Å². The molecule has 1 heterocycles. The van der Waals surface area contributed by atoms with E-state index in [-0.39, 0.29) is 21.9 Å². The lowest BCUT2D eigenvalue weighted by molar-refractivity contribution is 0.601. The van der Waals surface area contributed by atoms with Gasteiger partial charge in [0.2, 0.25) is 5.13 Å². The topological polar surface area (TPSA) is 95.8 Å². The molecule has 6 nitrogen and oxygen atoms in total. The van der Waals surface area contributed by atoms with Crippen LogP contribution >= 0.6 is 11.3 Å². The number of anilines is 1. The molecule has 1 atom stereocenters. The monoisotopic (exact) mass is 364 g/mol. The molecule has 8 heteroatoms. The van der Waals surface area contributed by atoms with Crippen LogP contribution in [0.1, 0.15) is 55.5 Å². The minimum absolute atomic E-state index is 0.131. The SMILES string of the molecule is CC(C)c1nnc(NS(=O)(=O)c2ccc([C@@H]3CCCC3=N)cc2)s1. The van der Waals surface area contributed by atoms with Crippen molar-refractivity contribution in [3.8, 4) is 0 Å². The average molecular weight is 364 g/mol. The second-order valence-corrected chi connectivity index (χ2v) is 8.94. The summed E-state index contributed by atoms with van der Waals surface area (Å²) in [4.78, 5) is 0.192. The Balaban J connectivity index is 1.77. The maximum Gasteiger partial charge on any atom is 0.263 e. The van der Waals surface area contributed by atoms with E-state index in [9.17, 15) is 8.42 Å². The van der Waals surface area contributed by atoms with Gasteiger partial charge in [-0.2, -0.15) is 0 Å². The Morgan fingerprint density at radius 2 is 1.96 bits per heavy atom. The minimum atomic E-state index is -3.68. The van der Waals surface area contributed by atoms with Gasteiger partial charge in [0.25, 0.3) is 10.0 Å². The van der Waals surface area contributed by atoms with Gasteiger partial charge in [0.1, 0.15) is 5.01 Å². The molecule has 0 aliphatic heterocycles. The number of nitrogens with one attached hydrogen (secondary N) is 2. The molecular formula is C16H20N4O2S2. The molecule has 0 bridgehead atoms. The summed E-state index contributed by atoms with van der Waals surface area (Å²) in [5.74, 6) is 0.341. The van der Waals surface area contributed by atoms with Gasteiger partial charge in [-0.05, 0) is 37.0 Å². The van der Waals surface area contributed by atoms with Crippen LogP contribution in [0.15, 0.2) is 29.2 Å². The van der Waals surface area contributed by atoms with Crippen LogP contribution in [0.25, 0.3) is 0 Å². The lowest BCUT2D eigenvalue weighted by Crippen LogP contribution is -2.13. The highest BCUT2D eigenvalue weighted by molar-refractivity contribution is 7.93. The molecule has 0 spiro atoms. The maximum atomic E-state index is 12.5. The Morgan fingerprint density at radius 3 is 2.50 bits per heavy atom. The molecule has 24 heavy (non-hydrogen) atoms. The fourth-order valence-electron chi connectivity index (χ4n) is 2.78. The van der Waals surface area contributed by atoms with E-state index >= 15 is 0 Å². The average Bonchev–Trinajstić information content (AvgIpc) is 3.16. The molecule has 1 saturated carbocycles. The third kappa shape index (κ3) is 3.49. The van der Waals surface area contributed by atoms with E-state index in [1.54, 1.807) is 24.3 Å². The molecule has 1 fully saturated rings. The summed E-state index contributed by atoms with van der Waals surface area (Å²) in [5.41, 5.74) is 1.74. The first-order chi connectivity index (χ1) is 11.4. The van der Waals surface area contributed by atoms with Crippen LogP contribution in [-0.4, -0.2) is 24.3 Å². The number of nitrogens with zero attached hydrogens (tertiary/aromatic N) is 2. The molecule has 1 aliphatic carbocycles. The predicted octanol–water partition coefficient (Wildman–Crippen LogP) is 3.75. The Kier molecular flexibility index (Phi) is 4.69. The van der Waals surface area contributed by atoms with Gasteiger partial charge in [0.15, 0.2) is 0 Å². The predicted molar refractivity (Wildman–Crippen MR) is 95.6 cm³/mol. The Morgan fingerprint density at radius 1 is 1.25 bits per heavy atom. The van der Waals surface area contributed by atoms with E-state index < -0.39 is 10.0 Å². The van der Waals surface area contributed by atoms with Gasteiger partial charge in [-0.1, -0.05) is 37.3 Å². The van der Waals surface area contributed by atoms with Gasteiger partial charge in [-0.15, -0.1) is 10.2 Å². The molecule has 128 valence electrons. The molecule has 1 aromatic heterocycles. The summed E-state index contributed by atoms with van der Waals surface area (Å²) in [6.07, 6.45) is 2.83. The number of benzene rings is 1. The van der Waals surface area contributed by atoms with Crippen molar-refractivity contribution < 1.29 is 8.42 Å². The summed E-state index contributed by atoms with van der Waals surface area (Å²) >= 11 is 1.25. The van der Waals surface area contributed by atoms with Gasteiger partial charge in [0, 0.05) is 17.5 Å². The van der Waals surface area contributed by atoms with Gasteiger partial charge in [-0.3, -0.25) is 4.72 Å². The molecule has 0 saturated heterocycles. The standard InChI is InChI=1S/C16H20N4O2S2/c1-10(2)15-18-19-16(23-15)20-24(21,22)12-8-6-11(7-9-12)13-4-3-5-14(13)17/h6-10,13,17H,3-5H2,1-2H3,(H,19,20)/t13-/m0/s1. The normalized spacial score (nSPS) is 18.3. The van der Waals surface area contributed by atoms with Crippen molar-refractivity contribution in [1.29, 1.82) is 5.41 Å². The van der Waals surface area contributed by atoms with Gasteiger partial charge in [-0.25, -0.2) is 8.42 Å². The number of sulfonamides is 1. The van der Waals surface area contributed by atoms with E-state index in [1.807, 2.05) is 13.8 Å². The van der Waals surface area contributed by atoms with Crippen LogP contribution in [0.2, 0.25) is 0 Å². The highest BCUT2D eigenvalue weighted by Gasteiger charge is 2.24. The third-order valence-electron chi connectivity index (χ3n) is 4.11. The zero-order valence-corrected chi connectivity index (χ0v) is 15.2. The van der Waals surface area contributed by atoms with Crippen LogP contribution in [0.4, 0.5) is 5.13 Å². The summed E-state index contributed by atoms with van der Waals surface area (Å²) in [6.45, 7) is 3.97. The largest absolute Gasteiger partial charge is 0.309 e. The Hall–Kier alpha value is -1.80. The Bertz CT molecular complexity index is 841. The third-order valence-corrected chi connectivity index (χ3v) is 6.73.